The van der Waals surface area contributed by atoms with Crippen LogP contribution in [0.1, 0.15) is 6.04 Å². The highest BCUT2D eigenvalue weighted by molar-refractivity contribution is 5.08. The van der Waals surface area contributed by atoms with E-state index >= 15 is 0 Å². The van der Waals surface area contributed by atoms with Crippen LogP contribution in [0.5, 0.6) is 0 Å². The molecule has 0 spiro atoms. The summed E-state index contributed by atoms with van der Waals surface area (Å²) in [6.45, 7) is 1.57. The molecular weight excluding hydrogens is 162 g/mol. The molecule has 0 saturated carbocycles. The highest BCUT2D eigenvalue weighted by Crippen LogP contribution is 2.11. The molecular formula is C5H7N5O2. The molecule has 1 aromatic heterocycles. The monoisotopic (exact) mass is 169 g/mol. The summed E-state index contributed by atoms with van der Waals surface area (Å²) in [5, 5.41) is 20.7. The van der Waals surface area contributed by atoms with Crippen molar-refractivity contribution in [2.45, 2.75) is 6.04 Å². The molecule has 12 heavy (non-hydrogen) atoms. The molecule has 1 aromatic rings. The third kappa shape index (κ3) is 1.03. The largest absolute Gasteiger partial charge is 0.410 e. The van der Waals surface area contributed by atoms with E-state index in [-0.39, 0.29) is 11.9 Å². The van der Waals surface area contributed by atoms with Gasteiger partial charge in [-0.15, -0.1) is 5.10 Å². The lowest BCUT2D eigenvalue weighted by Crippen LogP contribution is -2.44. The Bertz CT molecular complexity index is 305. The lowest BCUT2D eigenvalue weighted by atomic mass is 10.2. The van der Waals surface area contributed by atoms with E-state index in [1.165, 1.54) is 11.0 Å². The van der Waals surface area contributed by atoms with Crippen molar-refractivity contribution in [3.05, 3.63) is 16.3 Å². The topological polar surface area (TPSA) is 85.9 Å². The van der Waals surface area contributed by atoms with Gasteiger partial charge in [0, 0.05) is 13.1 Å². The van der Waals surface area contributed by atoms with Crippen molar-refractivity contribution < 1.29 is 4.92 Å². The van der Waals surface area contributed by atoms with E-state index in [1.807, 2.05) is 0 Å². The van der Waals surface area contributed by atoms with Crippen LogP contribution in [0.15, 0.2) is 6.20 Å². The Hall–Kier alpha value is -1.50. The normalized spacial score (nSPS) is 17.3. The molecule has 2 heterocycles. The zero-order chi connectivity index (χ0) is 8.55. The maximum atomic E-state index is 10.2. The Kier molecular flexibility index (Phi) is 1.51. The minimum atomic E-state index is -0.546. The minimum Gasteiger partial charge on any atom is -0.358 e. The molecule has 1 N–H and O–H groups in total. The van der Waals surface area contributed by atoms with Gasteiger partial charge in [-0.3, -0.25) is 0 Å². The molecule has 7 nitrogen and oxygen atoms in total. The lowest BCUT2D eigenvalue weighted by Gasteiger charge is -2.22. The standard InChI is InChI=1S/C5H7N5O2/c11-10(12)5-3-7-9(8-5)4-1-6-2-4/h3-4,6H,1-2H2. The molecule has 7 heteroatoms. The van der Waals surface area contributed by atoms with E-state index in [0.29, 0.717) is 0 Å². The van der Waals surface area contributed by atoms with Crippen LogP contribution < -0.4 is 5.32 Å². The molecule has 2 rings (SSSR count). The van der Waals surface area contributed by atoms with E-state index in [0.717, 1.165) is 13.1 Å². The van der Waals surface area contributed by atoms with Gasteiger partial charge in [0.1, 0.15) is 6.04 Å². The molecule has 1 saturated heterocycles. The van der Waals surface area contributed by atoms with E-state index in [9.17, 15) is 10.1 Å². The summed E-state index contributed by atoms with van der Waals surface area (Å²) < 4.78 is 0. The van der Waals surface area contributed by atoms with Crippen LogP contribution in [0.25, 0.3) is 0 Å². The first kappa shape index (κ1) is 7.17. The summed E-state index contributed by atoms with van der Waals surface area (Å²) in [6, 6.07) is 0.179. The molecule has 0 unspecified atom stereocenters. The third-order valence-corrected chi connectivity index (χ3v) is 1.77. The van der Waals surface area contributed by atoms with Gasteiger partial charge < -0.3 is 15.4 Å². The molecule has 0 aliphatic carbocycles. The summed E-state index contributed by atoms with van der Waals surface area (Å²) in [7, 11) is 0. The van der Waals surface area contributed by atoms with Gasteiger partial charge in [0.05, 0.1) is 5.10 Å². The maximum absolute atomic E-state index is 10.2. The van der Waals surface area contributed by atoms with Crippen LogP contribution in [0.2, 0.25) is 0 Å². The zero-order valence-electron chi connectivity index (χ0n) is 6.17. The first-order valence-corrected chi connectivity index (χ1v) is 3.54. The van der Waals surface area contributed by atoms with Crippen molar-refractivity contribution in [3.8, 4) is 0 Å². The Labute approximate surface area is 67.5 Å². The fourth-order valence-electron chi connectivity index (χ4n) is 0.964. The summed E-state index contributed by atoms with van der Waals surface area (Å²) in [4.78, 5) is 11.1. The number of aromatic nitrogens is 3. The molecule has 64 valence electrons. The smallest absolute Gasteiger partial charge is 0.358 e. The molecule has 0 radical (unpaired) electrons. The summed E-state index contributed by atoms with van der Waals surface area (Å²) >= 11 is 0. The van der Waals surface area contributed by atoms with Crippen molar-refractivity contribution in [2.75, 3.05) is 13.1 Å². The number of rotatable bonds is 2. The molecule has 0 aromatic carbocycles. The number of hydrogen-bond donors (Lipinski definition) is 1. The van der Waals surface area contributed by atoms with E-state index in [1.54, 1.807) is 0 Å². The lowest BCUT2D eigenvalue weighted by molar-refractivity contribution is -0.389. The van der Waals surface area contributed by atoms with Crippen molar-refractivity contribution in [1.82, 2.24) is 20.3 Å². The van der Waals surface area contributed by atoms with Crippen molar-refractivity contribution in [1.29, 1.82) is 0 Å². The summed E-state index contributed by atoms with van der Waals surface area (Å²) in [6.07, 6.45) is 1.16. The fourth-order valence-corrected chi connectivity index (χ4v) is 0.964. The minimum absolute atomic E-state index is 0.179. The second kappa shape index (κ2) is 2.52. The van der Waals surface area contributed by atoms with Crippen LogP contribution in [0.3, 0.4) is 0 Å². The molecule has 0 bridgehead atoms. The first-order valence-electron chi connectivity index (χ1n) is 3.54. The SMILES string of the molecule is O=[N+]([O-])c1cnn(C2CNC2)n1. The van der Waals surface area contributed by atoms with Gasteiger partial charge in [-0.1, -0.05) is 4.80 Å². The van der Waals surface area contributed by atoms with Crippen LogP contribution in [0, 0.1) is 10.1 Å². The second-order valence-corrected chi connectivity index (χ2v) is 2.59. The summed E-state index contributed by atoms with van der Waals surface area (Å²) in [5.74, 6) is -0.193. The van der Waals surface area contributed by atoms with E-state index in [2.05, 4.69) is 15.5 Å². The van der Waals surface area contributed by atoms with Crippen molar-refractivity contribution >= 4 is 5.82 Å². The van der Waals surface area contributed by atoms with Gasteiger partial charge in [-0.05, 0) is 4.92 Å². The quantitative estimate of drug-likeness (QED) is 0.468. The Balaban J connectivity index is 2.17. The number of nitrogens with zero attached hydrogens (tertiary/aromatic N) is 4. The van der Waals surface area contributed by atoms with Crippen molar-refractivity contribution in [2.24, 2.45) is 0 Å². The predicted molar refractivity (Wildman–Crippen MR) is 38.6 cm³/mol. The first-order chi connectivity index (χ1) is 5.77. The van der Waals surface area contributed by atoms with Gasteiger partial charge in [0.25, 0.3) is 0 Å². The molecule has 0 amide bonds. The van der Waals surface area contributed by atoms with E-state index < -0.39 is 4.92 Å². The van der Waals surface area contributed by atoms with Crippen LogP contribution >= 0.6 is 0 Å². The molecule has 0 atom stereocenters. The zero-order valence-corrected chi connectivity index (χ0v) is 6.17. The van der Waals surface area contributed by atoms with Gasteiger partial charge in [-0.25, -0.2) is 0 Å². The van der Waals surface area contributed by atoms with E-state index in [4.69, 9.17) is 0 Å². The van der Waals surface area contributed by atoms with Crippen LogP contribution in [0.4, 0.5) is 5.82 Å². The molecule has 1 aliphatic heterocycles. The summed E-state index contributed by atoms with van der Waals surface area (Å²) in [5.41, 5.74) is 0. The fraction of sp³-hybridized carbons (Fsp3) is 0.600. The molecule has 1 aliphatic rings. The van der Waals surface area contributed by atoms with Gasteiger partial charge in [0.15, 0.2) is 6.20 Å². The number of hydrogen-bond acceptors (Lipinski definition) is 5. The Morgan fingerprint density at radius 1 is 1.75 bits per heavy atom. The average Bonchev–Trinajstić information content (AvgIpc) is 2.32. The maximum Gasteiger partial charge on any atom is 0.410 e. The molecule has 1 fully saturated rings. The number of nitrogens with one attached hydrogen (secondary N) is 1. The highest BCUT2D eigenvalue weighted by Gasteiger charge is 2.25. The predicted octanol–water partition coefficient (Wildman–Crippen LogP) is -0.669. The van der Waals surface area contributed by atoms with Crippen molar-refractivity contribution in [3.63, 3.8) is 0 Å². The van der Waals surface area contributed by atoms with Crippen LogP contribution in [-0.2, 0) is 0 Å². The second-order valence-electron chi connectivity index (χ2n) is 2.59. The van der Waals surface area contributed by atoms with Gasteiger partial charge in [-0.2, -0.15) is 0 Å². The third-order valence-electron chi connectivity index (χ3n) is 1.77. The number of nitro groups is 1. The average molecular weight is 169 g/mol. The highest BCUT2D eigenvalue weighted by atomic mass is 16.6. The van der Waals surface area contributed by atoms with Gasteiger partial charge in [0.2, 0.25) is 0 Å². The van der Waals surface area contributed by atoms with Crippen LogP contribution in [-0.4, -0.2) is 33.0 Å². The Morgan fingerprint density at radius 3 is 2.92 bits per heavy atom. The van der Waals surface area contributed by atoms with Gasteiger partial charge >= 0.3 is 5.82 Å². The Morgan fingerprint density at radius 2 is 2.50 bits per heavy atom.